The van der Waals surface area contributed by atoms with E-state index in [-0.39, 0.29) is 17.9 Å². The average molecular weight is 443 g/mol. The highest BCUT2D eigenvalue weighted by molar-refractivity contribution is 8.04. The quantitative estimate of drug-likeness (QED) is 0.472. The van der Waals surface area contributed by atoms with Crippen LogP contribution >= 0.6 is 11.8 Å². The molecule has 0 radical (unpaired) electrons. The van der Waals surface area contributed by atoms with E-state index < -0.39 is 0 Å². The number of hydrogen-bond acceptors (Lipinski definition) is 3. The molecule has 0 unspecified atom stereocenters. The van der Waals surface area contributed by atoms with Gasteiger partial charge in [0.25, 0.3) is 11.8 Å². The zero-order valence-corrected chi connectivity index (χ0v) is 19.0. The number of amides is 2. The number of thioether (sulfide) groups is 1. The van der Waals surface area contributed by atoms with Gasteiger partial charge in [-0.3, -0.25) is 9.59 Å². The van der Waals surface area contributed by atoms with E-state index in [0.29, 0.717) is 16.2 Å². The van der Waals surface area contributed by atoms with Gasteiger partial charge in [0.15, 0.2) is 0 Å². The van der Waals surface area contributed by atoms with Gasteiger partial charge in [0.05, 0.1) is 10.6 Å². The molecule has 1 heterocycles. The lowest BCUT2D eigenvalue weighted by Crippen LogP contribution is -2.33. The minimum Gasteiger partial charge on any atom is -0.350 e. The molecule has 0 saturated heterocycles. The van der Waals surface area contributed by atoms with Crippen LogP contribution < -0.4 is 10.6 Å². The molecule has 2 amide bonds. The zero-order chi connectivity index (χ0) is 22.5. The van der Waals surface area contributed by atoms with Gasteiger partial charge in [-0.2, -0.15) is 0 Å². The number of aryl methyl sites for hydroxylation is 2. The molecule has 4 rings (SSSR count). The van der Waals surface area contributed by atoms with E-state index >= 15 is 0 Å². The van der Waals surface area contributed by atoms with E-state index in [9.17, 15) is 9.59 Å². The van der Waals surface area contributed by atoms with Crippen LogP contribution in [0.1, 0.15) is 40.4 Å². The second-order valence-electron chi connectivity index (χ2n) is 8.09. The van der Waals surface area contributed by atoms with Gasteiger partial charge in [-0.05, 0) is 62.1 Å². The summed E-state index contributed by atoms with van der Waals surface area (Å²) < 4.78 is 0. The molecule has 0 saturated carbocycles. The molecule has 0 bridgehead atoms. The molecule has 0 aromatic heterocycles. The third-order valence-electron chi connectivity index (χ3n) is 5.36. The van der Waals surface area contributed by atoms with Crippen molar-refractivity contribution in [2.45, 2.75) is 37.6 Å². The molecule has 2 N–H and O–H groups in total. The molecule has 4 nitrogen and oxygen atoms in total. The predicted molar refractivity (Wildman–Crippen MR) is 132 cm³/mol. The van der Waals surface area contributed by atoms with Crippen molar-refractivity contribution in [1.29, 1.82) is 0 Å². The Bertz CT molecular complexity index is 1170. The van der Waals surface area contributed by atoms with Crippen molar-refractivity contribution in [3.05, 3.63) is 100.0 Å². The van der Waals surface area contributed by atoms with Crippen LogP contribution in [-0.4, -0.2) is 17.9 Å². The van der Waals surface area contributed by atoms with Gasteiger partial charge in [0.2, 0.25) is 0 Å². The van der Waals surface area contributed by atoms with Crippen LogP contribution in [0, 0.1) is 6.92 Å². The lowest BCUT2D eigenvalue weighted by molar-refractivity contribution is -0.112. The summed E-state index contributed by atoms with van der Waals surface area (Å²) in [4.78, 5) is 26.9. The fourth-order valence-corrected chi connectivity index (χ4v) is 4.55. The lowest BCUT2D eigenvalue weighted by atomic mass is 10.1. The zero-order valence-electron chi connectivity index (χ0n) is 18.2. The SMILES string of the molecule is Cc1cccc(/C=C2/Sc3ccc(C(=O)N[C@H](C)CCc4ccccc4)cc3NC2=O)c1. The molecule has 1 aliphatic heterocycles. The molecular weight excluding hydrogens is 416 g/mol. The third-order valence-corrected chi connectivity index (χ3v) is 6.46. The summed E-state index contributed by atoms with van der Waals surface area (Å²) >= 11 is 1.42. The van der Waals surface area contributed by atoms with E-state index in [0.717, 1.165) is 28.9 Å². The van der Waals surface area contributed by atoms with Gasteiger partial charge in [0, 0.05) is 16.5 Å². The Hall–Kier alpha value is -3.31. The van der Waals surface area contributed by atoms with E-state index in [2.05, 4.69) is 22.8 Å². The Morgan fingerprint density at radius 3 is 2.66 bits per heavy atom. The number of rotatable bonds is 6. The molecule has 32 heavy (non-hydrogen) atoms. The van der Waals surface area contributed by atoms with Crippen LogP contribution in [0.15, 0.2) is 82.6 Å². The fourth-order valence-electron chi connectivity index (χ4n) is 3.62. The highest BCUT2D eigenvalue weighted by Crippen LogP contribution is 2.39. The first-order valence-electron chi connectivity index (χ1n) is 10.7. The van der Waals surface area contributed by atoms with E-state index in [1.807, 2.05) is 74.5 Å². The normalized spacial score (nSPS) is 15.1. The molecule has 0 spiro atoms. The largest absolute Gasteiger partial charge is 0.350 e. The van der Waals surface area contributed by atoms with Crippen LogP contribution in [-0.2, 0) is 11.2 Å². The van der Waals surface area contributed by atoms with Crippen molar-refractivity contribution >= 4 is 35.3 Å². The summed E-state index contributed by atoms with van der Waals surface area (Å²) in [5, 5.41) is 5.99. The molecule has 162 valence electrons. The third kappa shape index (κ3) is 5.48. The summed E-state index contributed by atoms with van der Waals surface area (Å²) in [7, 11) is 0. The number of carbonyl (C=O) groups is 2. The van der Waals surface area contributed by atoms with Gasteiger partial charge < -0.3 is 10.6 Å². The van der Waals surface area contributed by atoms with E-state index in [4.69, 9.17) is 0 Å². The molecule has 3 aromatic carbocycles. The van der Waals surface area contributed by atoms with Crippen molar-refractivity contribution in [2.75, 3.05) is 5.32 Å². The van der Waals surface area contributed by atoms with Crippen LogP contribution in [0.2, 0.25) is 0 Å². The maximum absolute atomic E-state index is 12.7. The Labute approximate surface area is 193 Å². The Balaban J connectivity index is 1.41. The highest BCUT2D eigenvalue weighted by Gasteiger charge is 2.22. The summed E-state index contributed by atoms with van der Waals surface area (Å²) in [5.74, 6) is -0.286. The van der Waals surface area contributed by atoms with Gasteiger partial charge in [-0.15, -0.1) is 0 Å². The van der Waals surface area contributed by atoms with Crippen LogP contribution in [0.25, 0.3) is 6.08 Å². The lowest BCUT2D eigenvalue weighted by Gasteiger charge is -2.20. The van der Waals surface area contributed by atoms with Crippen LogP contribution in [0.5, 0.6) is 0 Å². The summed E-state index contributed by atoms with van der Waals surface area (Å²) in [6.45, 7) is 4.04. The fraction of sp³-hybridized carbons (Fsp3) is 0.185. The van der Waals surface area contributed by atoms with E-state index in [1.54, 1.807) is 6.07 Å². The van der Waals surface area contributed by atoms with Crippen LogP contribution in [0.4, 0.5) is 5.69 Å². The molecule has 1 atom stereocenters. The summed E-state index contributed by atoms with van der Waals surface area (Å²) in [6, 6.07) is 23.8. The van der Waals surface area contributed by atoms with Gasteiger partial charge in [-0.1, -0.05) is 71.9 Å². The number of carbonyl (C=O) groups excluding carboxylic acids is 2. The number of fused-ring (bicyclic) bond motifs is 1. The highest BCUT2D eigenvalue weighted by atomic mass is 32.2. The van der Waals surface area contributed by atoms with Crippen molar-refractivity contribution < 1.29 is 9.59 Å². The second-order valence-corrected chi connectivity index (χ2v) is 9.17. The van der Waals surface area contributed by atoms with Gasteiger partial charge in [0.1, 0.15) is 0 Å². The van der Waals surface area contributed by atoms with Crippen molar-refractivity contribution in [3.63, 3.8) is 0 Å². The summed E-state index contributed by atoms with van der Waals surface area (Å²) in [6.07, 6.45) is 3.67. The number of nitrogens with one attached hydrogen (secondary N) is 2. The standard InChI is InChI=1S/C27H26N2O2S/c1-18-7-6-10-21(15-18)16-25-27(31)29-23-17-22(13-14-24(23)32-25)26(30)28-19(2)11-12-20-8-4-3-5-9-20/h3-10,13-17,19H,11-12H2,1-2H3,(H,28,30)(H,29,31)/b25-16+/t19-/m1/s1. The van der Waals surface area contributed by atoms with Crippen molar-refractivity contribution in [2.24, 2.45) is 0 Å². The average Bonchev–Trinajstić information content (AvgIpc) is 2.78. The minimum atomic E-state index is -0.155. The van der Waals surface area contributed by atoms with Gasteiger partial charge >= 0.3 is 0 Å². The smallest absolute Gasteiger partial charge is 0.262 e. The van der Waals surface area contributed by atoms with Crippen molar-refractivity contribution in [1.82, 2.24) is 5.32 Å². The first kappa shape index (κ1) is 21.9. The molecule has 5 heteroatoms. The van der Waals surface area contributed by atoms with Gasteiger partial charge in [-0.25, -0.2) is 0 Å². The maximum Gasteiger partial charge on any atom is 0.262 e. The Morgan fingerprint density at radius 2 is 1.88 bits per heavy atom. The molecular formula is C27H26N2O2S. The molecule has 0 fully saturated rings. The first-order valence-corrected chi connectivity index (χ1v) is 11.6. The van der Waals surface area contributed by atoms with Crippen LogP contribution in [0.3, 0.4) is 0 Å². The number of anilines is 1. The topological polar surface area (TPSA) is 58.2 Å². The first-order chi connectivity index (χ1) is 15.5. The number of hydrogen-bond donors (Lipinski definition) is 2. The Kier molecular flexibility index (Phi) is 6.76. The summed E-state index contributed by atoms with van der Waals surface area (Å²) in [5.41, 5.74) is 4.62. The minimum absolute atomic E-state index is 0.0477. The molecule has 1 aliphatic rings. The second kappa shape index (κ2) is 9.88. The maximum atomic E-state index is 12.7. The predicted octanol–water partition coefficient (Wildman–Crippen LogP) is 5.83. The monoisotopic (exact) mass is 442 g/mol. The van der Waals surface area contributed by atoms with E-state index in [1.165, 1.54) is 17.3 Å². The Morgan fingerprint density at radius 1 is 1.06 bits per heavy atom. The molecule has 3 aromatic rings. The van der Waals surface area contributed by atoms with Crippen molar-refractivity contribution in [3.8, 4) is 0 Å². The number of benzene rings is 3. The molecule has 0 aliphatic carbocycles.